The van der Waals surface area contributed by atoms with Crippen LogP contribution in [0.25, 0.3) is 5.65 Å². The minimum atomic E-state index is 0.116. The fourth-order valence-electron chi connectivity index (χ4n) is 1.62. The molecular weight excluding hydrogens is 200 g/mol. The fraction of sp³-hybridized carbons (Fsp3) is 0.500. The molecule has 0 unspecified atom stereocenters. The summed E-state index contributed by atoms with van der Waals surface area (Å²) in [6, 6.07) is 3.87. The highest BCUT2D eigenvalue weighted by Gasteiger charge is 2.19. The van der Waals surface area contributed by atoms with E-state index in [1.54, 1.807) is 10.7 Å². The molecule has 2 aromatic heterocycles. The Morgan fingerprint density at radius 3 is 2.75 bits per heavy atom. The van der Waals surface area contributed by atoms with Crippen molar-refractivity contribution in [3.05, 3.63) is 24.5 Å². The third-order valence-electron chi connectivity index (χ3n) is 3.25. The van der Waals surface area contributed by atoms with Crippen LogP contribution in [0.15, 0.2) is 24.5 Å². The summed E-state index contributed by atoms with van der Waals surface area (Å²) in [6.07, 6.45) is 5.84. The van der Waals surface area contributed by atoms with Crippen LogP contribution in [0.4, 0.5) is 5.82 Å². The monoisotopic (exact) mass is 218 g/mol. The van der Waals surface area contributed by atoms with Gasteiger partial charge in [0, 0.05) is 17.8 Å². The van der Waals surface area contributed by atoms with Gasteiger partial charge < -0.3 is 5.32 Å². The maximum Gasteiger partial charge on any atom is 0.157 e. The van der Waals surface area contributed by atoms with Crippen molar-refractivity contribution in [1.82, 2.24) is 14.6 Å². The van der Waals surface area contributed by atoms with Gasteiger partial charge in [-0.3, -0.25) is 0 Å². The number of aromatic nitrogens is 3. The highest BCUT2D eigenvalue weighted by molar-refractivity contribution is 5.46. The van der Waals surface area contributed by atoms with Gasteiger partial charge in [0.2, 0.25) is 0 Å². The van der Waals surface area contributed by atoms with E-state index in [0.29, 0.717) is 0 Å². The average Bonchev–Trinajstić information content (AvgIpc) is 2.76. The lowest BCUT2D eigenvalue weighted by atomic mass is 9.96. The predicted molar refractivity (Wildman–Crippen MR) is 65.6 cm³/mol. The Hall–Kier alpha value is -1.58. The number of nitrogens with zero attached hydrogens (tertiary/aromatic N) is 3. The summed E-state index contributed by atoms with van der Waals surface area (Å²) in [5.41, 5.74) is 0.991. The second-order valence-electron chi connectivity index (χ2n) is 4.34. The Morgan fingerprint density at radius 2 is 2.06 bits per heavy atom. The third-order valence-corrected chi connectivity index (χ3v) is 3.25. The fourth-order valence-corrected chi connectivity index (χ4v) is 1.62. The van der Waals surface area contributed by atoms with Crippen molar-refractivity contribution < 1.29 is 0 Å². The first-order chi connectivity index (χ1) is 7.67. The van der Waals surface area contributed by atoms with Crippen LogP contribution in [0.5, 0.6) is 0 Å². The van der Waals surface area contributed by atoms with Crippen molar-refractivity contribution in [3.8, 4) is 0 Å². The maximum atomic E-state index is 4.51. The summed E-state index contributed by atoms with van der Waals surface area (Å²) < 4.78 is 1.76. The molecule has 0 fully saturated rings. The highest BCUT2D eigenvalue weighted by Crippen LogP contribution is 2.20. The molecule has 0 bridgehead atoms. The molecule has 2 rings (SSSR count). The SMILES string of the molecule is CCC(C)(CC)Nc1ccn2nccc2n1. The molecule has 4 heteroatoms. The van der Waals surface area contributed by atoms with E-state index in [4.69, 9.17) is 0 Å². The van der Waals surface area contributed by atoms with Crippen molar-refractivity contribution in [3.63, 3.8) is 0 Å². The lowest BCUT2D eigenvalue weighted by Crippen LogP contribution is -2.33. The van der Waals surface area contributed by atoms with Gasteiger partial charge >= 0.3 is 0 Å². The summed E-state index contributed by atoms with van der Waals surface area (Å²) >= 11 is 0. The lowest BCUT2D eigenvalue weighted by molar-refractivity contribution is 0.477. The molecule has 0 atom stereocenters. The molecule has 2 aromatic rings. The van der Waals surface area contributed by atoms with E-state index >= 15 is 0 Å². The molecule has 4 nitrogen and oxygen atoms in total. The van der Waals surface area contributed by atoms with E-state index in [0.717, 1.165) is 24.3 Å². The van der Waals surface area contributed by atoms with E-state index in [2.05, 4.69) is 36.2 Å². The van der Waals surface area contributed by atoms with Crippen LogP contribution in [0, 0.1) is 0 Å². The molecule has 0 aliphatic rings. The standard InChI is InChI=1S/C12H18N4/c1-4-12(3,5-2)15-10-7-9-16-11(14-10)6-8-13-16/h6-9H,4-5H2,1-3H3,(H,14,15). The number of hydrogen-bond acceptors (Lipinski definition) is 3. The number of rotatable bonds is 4. The quantitative estimate of drug-likeness (QED) is 0.858. The Labute approximate surface area is 95.7 Å². The number of fused-ring (bicyclic) bond motifs is 1. The zero-order valence-electron chi connectivity index (χ0n) is 10.1. The van der Waals surface area contributed by atoms with Crippen molar-refractivity contribution in [2.45, 2.75) is 39.2 Å². The molecule has 2 heterocycles. The van der Waals surface area contributed by atoms with Crippen molar-refractivity contribution >= 4 is 11.5 Å². The van der Waals surface area contributed by atoms with Gasteiger partial charge in [0.25, 0.3) is 0 Å². The topological polar surface area (TPSA) is 42.2 Å². The van der Waals surface area contributed by atoms with E-state index in [1.165, 1.54) is 0 Å². The normalized spacial score (nSPS) is 11.9. The van der Waals surface area contributed by atoms with E-state index in [-0.39, 0.29) is 5.54 Å². The zero-order valence-corrected chi connectivity index (χ0v) is 10.1. The van der Waals surface area contributed by atoms with Crippen LogP contribution in [0.3, 0.4) is 0 Å². The van der Waals surface area contributed by atoms with Crippen LogP contribution < -0.4 is 5.32 Å². The van der Waals surface area contributed by atoms with Crippen molar-refractivity contribution in [2.24, 2.45) is 0 Å². The first-order valence-corrected chi connectivity index (χ1v) is 5.75. The molecule has 1 N–H and O–H groups in total. The third kappa shape index (κ3) is 2.01. The van der Waals surface area contributed by atoms with Crippen LogP contribution in [0.2, 0.25) is 0 Å². The highest BCUT2D eigenvalue weighted by atomic mass is 15.2. The molecule has 0 radical (unpaired) electrons. The van der Waals surface area contributed by atoms with Crippen LogP contribution >= 0.6 is 0 Å². The molecule has 0 amide bonds. The zero-order chi connectivity index (χ0) is 11.6. The summed E-state index contributed by atoms with van der Waals surface area (Å²) in [5.74, 6) is 0.916. The number of nitrogens with one attached hydrogen (secondary N) is 1. The predicted octanol–water partition coefficient (Wildman–Crippen LogP) is 2.72. The molecule has 0 spiro atoms. The maximum absolute atomic E-state index is 4.51. The first-order valence-electron chi connectivity index (χ1n) is 5.75. The first kappa shape index (κ1) is 10.9. The Bertz CT molecular complexity index is 471. The summed E-state index contributed by atoms with van der Waals surface area (Å²) in [5, 5.41) is 7.61. The largest absolute Gasteiger partial charge is 0.365 e. The van der Waals surface area contributed by atoms with Crippen LogP contribution in [-0.4, -0.2) is 20.1 Å². The smallest absolute Gasteiger partial charge is 0.157 e. The van der Waals surface area contributed by atoms with Gasteiger partial charge in [-0.2, -0.15) is 5.10 Å². The Morgan fingerprint density at radius 1 is 1.31 bits per heavy atom. The van der Waals surface area contributed by atoms with Gasteiger partial charge in [0.15, 0.2) is 5.65 Å². The number of hydrogen-bond donors (Lipinski definition) is 1. The minimum absolute atomic E-state index is 0.116. The Balaban J connectivity index is 2.26. The molecule has 0 saturated heterocycles. The molecular formula is C12H18N4. The van der Waals surface area contributed by atoms with Gasteiger partial charge in [0.05, 0.1) is 6.20 Å². The molecule has 0 aliphatic heterocycles. The second kappa shape index (κ2) is 4.12. The second-order valence-corrected chi connectivity index (χ2v) is 4.34. The lowest BCUT2D eigenvalue weighted by Gasteiger charge is -2.28. The minimum Gasteiger partial charge on any atom is -0.365 e. The molecule has 0 aliphatic carbocycles. The van der Waals surface area contributed by atoms with Gasteiger partial charge in [-0.15, -0.1) is 0 Å². The van der Waals surface area contributed by atoms with Gasteiger partial charge in [-0.25, -0.2) is 9.50 Å². The van der Waals surface area contributed by atoms with Crippen molar-refractivity contribution in [1.29, 1.82) is 0 Å². The van der Waals surface area contributed by atoms with Gasteiger partial charge in [-0.05, 0) is 25.8 Å². The van der Waals surface area contributed by atoms with Crippen LogP contribution in [0.1, 0.15) is 33.6 Å². The van der Waals surface area contributed by atoms with E-state index in [1.807, 2.05) is 18.3 Å². The summed E-state index contributed by atoms with van der Waals surface area (Å²) in [4.78, 5) is 4.51. The summed E-state index contributed by atoms with van der Waals surface area (Å²) in [7, 11) is 0. The molecule has 0 saturated carbocycles. The van der Waals surface area contributed by atoms with Gasteiger partial charge in [0.1, 0.15) is 5.82 Å². The molecule has 16 heavy (non-hydrogen) atoms. The van der Waals surface area contributed by atoms with Gasteiger partial charge in [-0.1, -0.05) is 13.8 Å². The molecule has 0 aromatic carbocycles. The van der Waals surface area contributed by atoms with Crippen LogP contribution in [-0.2, 0) is 0 Å². The summed E-state index contributed by atoms with van der Waals surface area (Å²) in [6.45, 7) is 6.59. The average molecular weight is 218 g/mol. The number of anilines is 1. The Kier molecular flexibility index (Phi) is 2.81. The van der Waals surface area contributed by atoms with Crippen molar-refractivity contribution in [2.75, 3.05) is 5.32 Å². The van der Waals surface area contributed by atoms with E-state index < -0.39 is 0 Å². The van der Waals surface area contributed by atoms with E-state index in [9.17, 15) is 0 Å². The molecule has 86 valence electrons.